The minimum atomic E-state index is 0.000833. The Morgan fingerprint density at radius 3 is 3.00 bits per heavy atom. The number of hydrogen-bond acceptors (Lipinski definition) is 4. The Bertz CT molecular complexity index is 729. The van der Waals surface area contributed by atoms with Crippen molar-refractivity contribution in [3.05, 3.63) is 39.6 Å². The lowest BCUT2D eigenvalue weighted by atomic mass is 10.2. The molecule has 4 nitrogen and oxygen atoms in total. The summed E-state index contributed by atoms with van der Waals surface area (Å²) < 4.78 is 0.955. The molecule has 80 valence electrons. The third-order valence-corrected chi connectivity index (χ3v) is 3.46. The molecule has 0 amide bonds. The van der Waals surface area contributed by atoms with Gasteiger partial charge in [-0.05, 0) is 6.07 Å². The summed E-state index contributed by atoms with van der Waals surface area (Å²) in [4.78, 5) is 19.1. The van der Waals surface area contributed by atoms with Crippen LogP contribution < -0.4 is 10.5 Å². The van der Waals surface area contributed by atoms with Crippen molar-refractivity contribution in [3.8, 4) is 0 Å². The molecule has 0 aliphatic heterocycles. The molecule has 0 atom stereocenters. The van der Waals surface area contributed by atoms with Gasteiger partial charge in [0.2, 0.25) is 0 Å². The average Bonchev–Trinajstić information content (AvgIpc) is 2.74. The van der Waals surface area contributed by atoms with Gasteiger partial charge in [0, 0.05) is 10.1 Å². The first kappa shape index (κ1) is 9.50. The lowest BCUT2D eigenvalue weighted by Crippen LogP contribution is -1.98. The lowest BCUT2D eigenvalue weighted by molar-refractivity contribution is 0.959. The number of benzene rings is 1. The summed E-state index contributed by atoms with van der Waals surface area (Å²) in [6.45, 7) is 0.313. The average molecular weight is 231 g/mol. The Balaban J connectivity index is 2.57. The van der Waals surface area contributed by atoms with Crippen LogP contribution >= 0.6 is 11.3 Å². The van der Waals surface area contributed by atoms with Gasteiger partial charge in [0.15, 0.2) is 0 Å². The molecule has 0 saturated carbocycles. The van der Waals surface area contributed by atoms with Crippen LogP contribution in [-0.2, 0) is 6.54 Å². The molecule has 3 rings (SSSR count). The van der Waals surface area contributed by atoms with Gasteiger partial charge >= 0.3 is 0 Å². The number of aromatic nitrogens is 2. The summed E-state index contributed by atoms with van der Waals surface area (Å²) in [7, 11) is 0. The molecule has 2 heterocycles. The first-order valence-corrected chi connectivity index (χ1v) is 5.72. The standard InChI is InChI=1S/C11H9N3OS/c12-5-8-13-9-6-3-1-2-4-7(6)16-11(15)10(9)14-8/h1-4H,5,12H2,(H,13,14). The maximum atomic E-state index is 11.8. The molecule has 0 fully saturated rings. The van der Waals surface area contributed by atoms with Crippen LogP contribution in [0.4, 0.5) is 0 Å². The second kappa shape index (κ2) is 3.40. The van der Waals surface area contributed by atoms with Crippen LogP contribution in [0.2, 0.25) is 0 Å². The fraction of sp³-hybridized carbons (Fsp3) is 0.0909. The van der Waals surface area contributed by atoms with Crippen molar-refractivity contribution in [2.24, 2.45) is 5.73 Å². The predicted molar refractivity (Wildman–Crippen MR) is 65.6 cm³/mol. The van der Waals surface area contributed by atoms with Crippen LogP contribution in [0.5, 0.6) is 0 Å². The van der Waals surface area contributed by atoms with E-state index in [-0.39, 0.29) is 4.74 Å². The van der Waals surface area contributed by atoms with E-state index in [1.807, 2.05) is 24.3 Å². The Morgan fingerprint density at radius 2 is 2.19 bits per heavy atom. The highest BCUT2D eigenvalue weighted by atomic mass is 32.1. The van der Waals surface area contributed by atoms with Gasteiger partial charge in [-0.2, -0.15) is 0 Å². The smallest absolute Gasteiger partial charge is 0.258 e. The van der Waals surface area contributed by atoms with Crippen LogP contribution in [0.3, 0.4) is 0 Å². The molecule has 0 unspecified atom stereocenters. The third-order valence-electron chi connectivity index (χ3n) is 2.50. The van der Waals surface area contributed by atoms with E-state index in [1.165, 1.54) is 11.3 Å². The number of nitrogens with zero attached hydrogens (tertiary/aromatic N) is 1. The molecule has 0 radical (unpaired) electrons. The van der Waals surface area contributed by atoms with Crippen LogP contribution in [0, 0.1) is 0 Å². The summed E-state index contributed by atoms with van der Waals surface area (Å²) in [5, 5.41) is 0.998. The van der Waals surface area contributed by atoms with Gasteiger partial charge in [0.1, 0.15) is 16.9 Å². The number of nitrogens with one attached hydrogen (secondary N) is 1. The number of hydrogen-bond donors (Lipinski definition) is 2. The fourth-order valence-electron chi connectivity index (χ4n) is 1.76. The second-order valence-electron chi connectivity index (χ2n) is 3.50. The van der Waals surface area contributed by atoms with Crippen LogP contribution in [0.1, 0.15) is 5.82 Å². The molecule has 1 aromatic carbocycles. The van der Waals surface area contributed by atoms with Gasteiger partial charge in [0.25, 0.3) is 4.74 Å². The van der Waals surface area contributed by atoms with Gasteiger partial charge in [-0.1, -0.05) is 29.5 Å². The Labute approximate surface area is 94.7 Å². The number of H-pyrrole nitrogens is 1. The number of rotatable bonds is 1. The van der Waals surface area contributed by atoms with E-state index in [4.69, 9.17) is 5.73 Å². The normalized spacial score (nSPS) is 11.3. The van der Waals surface area contributed by atoms with E-state index in [0.717, 1.165) is 15.6 Å². The van der Waals surface area contributed by atoms with Crippen molar-refractivity contribution in [2.75, 3.05) is 0 Å². The first-order chi connectivity index (χ1) is 7.79. The quantitative estimate of drug-likeness (QED) is 0.668. The highest BCUT2D eigenvalue weighted by Gasteiger charge is 2.09. The maximum absolute atomic E-state index is 11.8. The summed E-state index contributed by atoms with van der Waals surface area (Å²) in [6.07, 6.45) is 0. The monoisotopic (exact) mass is 231 g/mol. The maximum Gasteiger partial charge on any atom is 0.258 e. The number of fused-ring (bicyclic) bond motifs is 3. The fourth-order valence-corrected chi connectivity index (χ4v) is 2.63. The van der Waals surface area contributed by atoms with Crippen LogP contribution in [0.15, 0.2) is 29.1 Å². The molecule has 0 aliphatic carbocycles. The van der Waals surface area contributed by atoms with Crippen LogP contribution in [0.25, 0.3) is 21.1 Å². The topological polar surface area (TPSA) is 71.8 Å². The molecule has 3 N–H and O–H groups in total. The zero-order valence-electron chi connectivity index (χ0n) is 8.36. The molecular weight excluding hydrogens is 222 g/mol. The van der Waals surface area contributed by atoms with Crippen LogP contribution in [-0.4, -0.2) is 9.97 Å². The molecule has 16 heavy (non-hydrogen) atoms. The van der Waals surface area contributed by atoms with Crippen molar-refractivity contribution >= 4 is 32.5 Å². The minimum absolute atomic E-state index is 0.000833. The summed E-state index contributed by atoms with van der Waals surface area (Å²) in [5.74, 6) is 0.649. The molecule has 0 aliphatic rings. The molecule has 0 saturated heterocycles. The van der Waals surface area contributed by atoms with Crippen molar-refractivity contribution in [1.29, 1.82) is 0 Å². The van der Waals surface area contributed by atoms with E-state index in [2.05, 4.69) is 9.97 Å². The minimum Gasteiger partial charge on any atom is -0.337 e. The molecule has 5 heteroatoms. The zero-order valence-corrected chi connectivity index (χ0v) is 9.17. The molecule has 3 aromatic rings. The lowest BCUT2D eigenvalue weighted by Gasteiger charge is -1.95. The number of nitrogens with two attached hydrogens (primary N) is 1. The van der Waals surface area contributed by atoms with E-state index in [0.29, 0.717) is 17.9 Å². The number of imidazole rings is 1. The van der Waals surface area contributed by atoms with E-state index < -0.39 is 0 Å². The van der Waals surface area contributed by atoms with E-state index in [1.54, 1.807) is 0 Å². The third kappa shape index (κ3) is 1.26. The van der Waals surface area contributed by atoms with Crippen molar-refractivity contribution in [2.45, 2.75) is 6.54 Å². The van der Waals surface area contributed by atoms with Gasteiger partial charge in [-0.15, -0.1) is 0 Å². The highest BCUT2D eigenvalue weighted by Crippen LogP contribution is 2.23. The van der Waals surface area contributed by atoms with Crippen molar-refractivity contribution in [1.82, 2.24) is 9.97 Å². The van der Waals surface area contributed by atoms with Crippen molar-refractivity contribution < 1.29 is 0 Å². The van der Waals surface area contributed by atoms with Gasteiger partial charge in [-0.3, -0.25) is 4.79 Å². The molecular formula is C11H9N3OS. The van der Waals surface area contributed by atoms with E-state index >= 15 is 0 Å². The van der Waals surface area contributed by atoms with Gasteiger partial charge in [0.05, 0.1) is 6.54 Å². The summed E-state index contributed by atoms with van der Waals surface area (Å²) in [5.41, 5.74) is 6.80. The van der Waals surface area contributed by atoms with Crippen molar-refractivity contribution in [3.63, 3.8) is 0 Å². The highest BCUT2D eigenvalue weighted by molar-refractivity contribution is 7.16. The Hall–Kier alpha value is -1.72. The van der Waals surface area contributed by atoms with E-state index in [9.17, 15) is 4.79 Å². The molecule has 2 aromatic heterocycles. The van der Waals surface area contributed by atoms with Gasteiger partial charge < -0.3 is 10.7 Å². The van der Waals surface area contributed by atoms with Gasteiger partial charge in [-0.25, -0.2) is 4.98 Å². The largest absolute Gasteiger partial charge is 0.337 e. The Morgan fingerprint density at radius 1 is 1.38 bits per heavy atom. The summed E-state index contributed by atoms with van der Waals surface area (Å²) in [6, 6.07) is 7.75. The molecule has 0 bridgehead atoms. The SMILES string of the molecule is NCc1nc2c([nH]1)c(=O)sc1ccccc12. The zero-order chi connectivity index (χ0) is 11.1. The Kier molecular flexibility index (Phi) is 2.02. The first-order valence-electron chi connectivity index (χ1n) is 4.90. The summed E-state index contributed by atoms with van der Waals surface area (Å²) >= 11 is 1.23. The second-order valence-corrected chi connectivity index (χ2v) is 4.51. The number of aromatic amines is 1. The predicted octanol–water partition coefficient (Wildman–Crippen LogP) is 1.60. The molecule has 0 spiro atoms.